The van der Waals surface area contributed by atoms with Crippen LogP contribution >= 0.6 is 0 Å². The van der Waals surface area contributed by atoms with E-state index >= 15 is 0 Å². The number of hydrogen-bond donors (Lipinski definition) is 1. The average Bonchev–Trinajstić information content (AvgIpc) is 3.40. The Hall–Kier alpha value is -2.93. The molecular weight excluding hydrogens is 328 g/mol. The van der Waals surface area contributed by atoms with Gasteiger partial charge in [0.2, 0.25) is 0 Å². The Morgan fingerprint density at radius 2 is 2.12 bits per heavy atom. The number of imidazole rings is 1. The molecule has 1 fully saturated rings. The molecule has 1 aliphatic rings. The molecule has 0 aliphatic carbocycles. The lowest BCUT2D eigenvalue weighted by molar-refractivity contribution is 0.337. The van der Waals surface area contributed by atoms with Crippen LogP contribution in [0.25, 0.3) is 28.2 Å². The third-order valence-electron chi connectivity index (χ3n) is 4.97. The Morgan fingerprint density at radius 1 is 1.23 bits per heavy atom. The molecule has 0 radical (unpaired) electrons. The lowest BCUT2D eigenvalue weighted by Crippen LogP contribution is -2.29. The van der Waals surface area contributed by atoms with E-state index in [1.165, 1.54) is 0 Å². The van der Waals surface area contributed by atoms with E-state index in [9.17, 15) is 0 Å². The predicted octanol–water partition coefficient (Wildman–Crippen LogP) is 3.11. The zero-order valence-electron chi connectivity index (χ0n) is 14.6. The molecule has 5 rings (SSSR count). The van der Waals surface area contributed by atoms with Crippen molar-refractivity contribution < 1.29 is 4.42 Å². The van der Waals surface area contributed by atoms with E-state index in [1.54, 1.807) is 6.20 Å². The largest absolute Gasteiger partial charge is 0.459 e. The molecule has 1 saturated heterocycles. The van der Waals surface area contributed by atoms with Gasteiger partial charge in [0, 0.05) is 17.8 Å². The van der Waals surface area contributed by atoms with Crippen molar-refractivity contribution in [3.05, 3.63) is 48.6 Å². The Balaban J connectivity index is 1.56. The van der Waals surface area contributed by atoms with Crippen molar-refractivity contribution >= 4 is 11.0 Å². The lowest BCUT2D eigenvalue weighted by atomic mass is 10.1. The number of benzene rings is 1. The van der Waals surface area contributed by atoms with Crippen LogP contribution in [0.1, 0.15) is 24.6 Å². The van der Waals surface area contributed by atoms with Crippen LogP contribution in [0.5, 0.6) is 0 Å². The molecule has 132 valence electrons. The molecule has 0 spiro atoms. The summed E-state index contributed by atoms with van der Waals surface area (Å²) < 4.78 is 9.91. The van der Waals surface area contributed by atoms with Crippen molar-refractivity contribution in [2.75, 3.05) is 13.1 Å². The van der Waals surface area contributed by atoms with E-state index in [-0.39, 0.29) is 0 Å². The first-order valence-corrected chi connectivity index (χ1v) is 8.95. The fourth-order valence-electron chi connectivity index (χ4n) is 3.68. The van der Waals surface area contributed by atoms with Gasteiger partial charge in [-0.05, 0) is 45.0 Å². The molecule has 4 heterocycles. The summed E-state index contributed by atoms with van der Waals surface area (Å²) in [6.45, 7) is 4.01. The molecule has 26 heavy (non-hydrogen) atoms. The van der Waals surface area contributed by atoms with Gasteiger partial charge in [0.1, 0.15) is 11.5 Å². The first kappa shape index (κ1) is 15.3. The monoisotopic (exact) mass is 348 g/mol. The molecule has 4 aromatic rings. The van der Waals surface area contributed by atoms with Crippen molar-refractivity contribution in [2.24, 2.45) is 0 Å². The normalized spacial score (nSPS) is 15.7. The maximum atomic E-state index is 5.92. The van der Waals surface area contributed by atoms with Crippen LogP contribution in [0, 0.1) is 6.92 Å². The van der Waals surface area contributed by atoms with Crippen LogP contribution in [0.2, 0.25) is 0 Å². The standard InChI is InChI=1S/C19H20N6O/c1-13-11-14-3-2-4-17(18(14)26-13)24-10-9-21-19(24)16-12-25(23-22-16)15-5-7-20-8-6-15/h2-4,9-12,15,20H,5-8H2,1H3. The van der Waals surface area contributed by atoms with Gasteiger partial charge in [-0.1, -0.05) is 17.3 Å². The van der Waals surface area contributed by atoms with E-state index < -0.39 is 0 Å². The highest BCUT2D eigenvalue weighted by atomic mass is 16.3. The Bertz CT molecular complexity index is 1050. The van der Waals surface area contributed by atoms with Gasteiger partial charge in [-0.3, -0.25) is 4.57 Å². The average molecular weight is 348 g/mol. The van der Waals surface area contributed by atoms with E-state index in [4.69, 9.17) is 4.42 Å². The molecule has 0 saturated carbocycles. The third kappa shape index (κ3) is 2.52. The van der Waals surface area contributed by atoms with Gasteiger partial charge in [-0.25, -0.2) is 9.67 Å². The number of hydrogen-bond acceptors (Lipinski definition) is 5. The van der Waals surface area contributed by atoms with Crippen molar-refractivity contribution in [2.45, 2.75) is 25.8 Å². The number of nitrogens with zero attached hydrogens (tertiary/aromatic N) is 5. The number of furan rings is 1. The fraction of sp³-hybridized carbons (Fsp3) is 0.316. The number of rotatable bonds is 3. The van der Waals surface area contributed by atoms with Crippen LogP contribution in [-0.2, 0) is 0 Å². The highest BCUT2D eigenvalue weighted by molar-refractivity contribution is 5.86. The highest BCUT2D eigenvalue weighted by Crippen LogP contribution is 2.29. The summed E-state index contributed by atoms with van der Waals surface area (Å²) in [6, 6.07) is 8.56. The number of nitrogens with one attached hydrogen (secondary N) is 1. The van der Waals surface area contributed by atoms with Crippen molar-refractivity contribution in [1.82, 2.24) is 29.9 Å². The van der Waals surface area contributed by atoms with Gasteiger partial charge in [0.25, 0.3) is 0 Å². The fourth-order valence-corrected chi connectivity index (χ4v) is 3.68. The molecule has 3 aromatic heterocycles. The third-order valence-corrected chi connectivity index (χ3v) is 4.97. The smallest absolute Gasteiger partial charge is 0.166 e. The maximum absolute atomic E-state index is 5.92. The Labute approximate surface area is 150 Å². The van der Waals surface area contributed by atoms with Crippen molar-refractivity contribution in [1.29, 1.82) is 0 Å². The SMILES string of the molecule is Cc1cc2cccc(-n3ccnc3-c3cn(C4CCNCC4)nn3)c2o1. The molecule has 1 aliphatic heterocycles. The van der Waals surface area contributed by atoms with Crippen LogP contribution in [0.15, 0.2) is 47.3 Å². The van der Waals surface area contributed by atoms with E-state index in [1.807, 2.05) is 46.8 Å². The van der Waals surface area contributed by atoms with Gasteiger partial charge < -0.3 is 9.73 Å². The second-order valence-corrected chi connectivity index (χ2v) is 6.74. The van der Waals surface area contributed by atoms with Gasteiger partial charge in [-0.15, -0.1) is 5.10 Å². The van der Waals surface area contributed by atoms with Crippen LogP contribution < -0.4 is 5.32 Å². The minimum absolute atomic E-state index is 0.400. The molecule has 0 bridgehead atoms. The lowest BCUT2D eigenvalue weighted by Gasteiger charge is -2.22. The van der Waals surface area contributed by atoms with Crippen LogP contribution in [0.3, 0.4) is 0 Å². The first-order valence-electron chi connectivity index (χ1n) is 8.95. The maximum Gasteiger partial charge on any atom is 0.166 e. The number of aromatic nitrogens is 5. The summed E-state index contributed by atoms with van der Waals surface area (Å²) in [5.41, 5.74) is 2.59. The van der Waals surface area contributed by atoms with Gasteiger partial charge in [-0.2, -0.15) is 0 Å². The van der Waals surface area contributed by atoms with Crippen molar-refractivity contribution in [3.63, 3.8) is 0 Å². The zero-order valence-corrected chi connectivity index (χ0v) is 14.6. The van der Waals surface area contributed by atoms with Gasteiger partial charge >= 0.3 is 0 Å². The topological polar surface area (TPSA) is 73.7 Å². The summed E-state index contributed by atoms with van der Waals surface area (Å²) in [5, 5.41) is 13.2. The van der Waals surface area contributed by atoms with E-state index in [2.05, 4.69) is 26.7 Å². The van der Waals surface area contributed by atoms with E-state index in [0.29, 0.717) is 6.04 Å². The van der Waals surface area contributed by atoms with Gasteiger partial charge in [0.15, 0.2) is 11.4 Å². The summed E-state index contributed by atoms with van der Waals surface area (Å²) in [7, 11) is 0. The minimum atomic E-state index is 0.400. The second kappa shape index (κ2) is 6.10. The Morgan fingerprint density at radius 3 is 3.00 bits per heavy atom. The number of piperidine rings is 1. The number of aryl methyl sites for hydroxylation is 1. The molecule has 0 atom stereocenters. The molecule has 7 nitrogen and oxygen atoms in total. The predicted molar refractivity (Wildman–Crippen MR) is 98.2 cm³/mol. The molecule has 7 heteroatoms. The zero-order chi connectivity index (χ0) is 17.5. The molecular formula is C19H20N6O. The molecule has 1 aromatic carbocycles. The molecule has 0 amide bonds. The second-order valence-electron chi connectivity index (χ2n) is 6.74. The highest BCUT2D eigenvalue weighted by Gasteiger charge is 2.19. The summed E-state index contributed by atoms with van der Waals surface area (Å²) in [4.78, 5) is 4.53. The molecule has 0 unspecified atom stereocenters. The number of fused-ring (bicyclic) bond motifs is 1. The number of para-hydroxylation sites is 1. The Kier molecular flexibility index (Phi) is 3.60. The van der Waals surface area contributed by atoms with Crippen LogP contribution in [-0.4, -0.2) is 37.6 Å². The molecule has 1 N–H and O–H groups in total. The summed E-state index contributed by atoms with van der Waals surface area (Å²) in [6.07, 6.45) is 7.87. The van der Waals surface area contributed by atoms with Crippen molar-refractivity contribution in [3.8, 4) is 17.2 Å². The quantitative estimate of drug-likeness (QED) is 0.616. The van der Waals surface area contributed by atoms with Crippen LogP contribution in [0.4, 0.5) is 0 Å². The summed E-state index contributed by atoms with van der Waals surface area (Å²) in [5.74, 6) is 1.66. The first-order chi connectivity index (χ1) is 12.8. The summed E-state index contributed by atoms with van der Waals surface area (Å²) >= 11 is 0. The van der Waals surface area contributed by atoms with Gasteiger partial charge in [0.05, 0.1) is 17.9 Å². The minimum Gasteiger partial charge on any atom is -0.459 e. The van der Waals surface area contributed by atoms with E-state index in [0.717, 1.165) is 59.9 Å².